The number of H-pyrrole nitrogens is 1. The fourth-order valence-electron chi connectivity index (χ4n) is 3.85. The zero-order valence-corrected chi connectivity index (χ0v) is 21.2. The zero-order valence-electron chi connectivity index (χ0n) is 21.2. The van der Waals surface area contributed by atoms with Crippen molar-refractivity contribution in [2.45, 2.75) is 19.6 Å². The topological polar surface area (TPSA) is 190 Å². The van der Waals surface area contributed by atoms with Crippen molar-refractivity contribution in [3.8, 4) is 17.3 Å². The summed E-state index contributed by atoms with van der Waals surface area (Å²) in [5.74, 6) is 1.09. The number of nitrogens with one attached hydrogen (secondary N) is 3. The SMILES string of the molecule is CC(=O)O.COc1cc([C@H](Nc2ccc(C(=N)N)cc2)c2nn(-c3ccccn3)c(=O)[nH]2)cc2c1OCOC2. The van der Waals surface area contributed by atoms with Crippen molar-refractivity contribution >= 4 is 17.5 Å². The molecule has 4 aromatic rings. The third-order valence-corrected chi connectivity index (χ3v) is 5.53. The molecule has 6 N–H and O–H groups in total. The lowest BCUT2D eigenvalue weighted by Gasteiger charge is -2.24. The molecule has 5 rings (SSSR count). The molecule has 0 unspecified atom stereocenters. The quantitative estimate of drug-likeness (QED) is 0.174. The van der Waals surface area contributed by atoms with Gasteiger partial charge in [0.1, 0.15) is 11.9 Å². The number of carbonyl (C=O) groups is 1. The van der Waals surface area contributed by atoms with Crippen LogP contribution in [0.1, 0.15) is 35.5 Å². The lowest BCUT2D eigenvalue weighted by atomic mass is 10.0. The zero-order chi connectivity index (χ0) is 27.9. The number of ether oxygens (including phenoxy) is 3. The first-order chi connectivity index (χ1) is 18.8. The molecule has 0 radical (unpaired) electrons. The van der Waals surface area contributed by atoms with E-state index >= 15 is 0 Å². The van der Waals surface area contributed by atoms with Gasteiger partial charge in [0.05, 0.1) is 13.7 Å². The van der Waals surface area contributed by atoms with Crippen LogP contribution in [0.2, 0.25) is 0 Å². The molecule has 13 nitrogen and oxygen atoms in total. The number of aromatic amines is 1. The second kappa shape index (κ2) is 11.9. The Kier molecular flexibility index (Phi) is 8.21. The Morgan fingerprint density at radius 3 is 2.64 bits per heavy atom. The smallest absolute Gasteiger partial charge is 0.349 e. The second-order valence-electron chi connectivity index (χ2n) is 8.32. The fourth-order valence-corrected chi connectivity index (χ4v) is 3.85. The number of methoxy groups -OCH3 is 1. The van der Waals surface area contributed by atoms with E-state index in [0.717, 1.165) is 23.7 Å². The van der Waals surface area contributed by atoms with Gasteiger partial charge in [0.2, 0.25) is 0 Å². The summed E-state index contributed by atoms with van der Waals surface area (Å²) in [5.41, 5.74) is 8.08. The van der Waals surface area contributed by atoms with E-state index in [1.807, 2.05) is 12.1 Å². The number of pyridine rings is 1. The highest BCUT2D eigenvalue weighted by Crippen LogP contribution is 2.38. The molecule has 0 spiro atoms. The van der Waals surface area contributed by atoms with Crippen LogP contribution in [0.25, 0.3) is 5.82 Å². The second-order valence-corrected chi connectivity index (χ2v) is 8.32. The predicted octanol–water partition coefficient (Wildman–Crippen LogP) is 2.41. The number of hydrogen-bond acceptors (Lipinski definition) is 9. The molecule has 3 heterocycles. The van der Waals surface area contributed by atoms with Crippen molar-refractivity contribution < 1.29 is 24.1 Å². The van der Waals surface area contributed by atoms with E-state index in [9.17, 15) is 4.79 Å². The van der Waals surface area contributed by atoms with Gasteiger partial charge >= 0.3 is 5.69 Å². The summed E-state index contributed by atoms with van der Waals surface area (Å²) in [7, 11) is 1.57. The molecule has 1 aliphatic heterocycles. The third-order valence-electron chi connectivity index (χ3n) is 5.53. The van der Waals surface area contributed by atoms with Crippen LogP contribution in [-0.2, 0) is 16.1 Å². The number of benzene rings is 2. The van der Waals surface area contributed by atoms with Crippen molar-refractivity contribution in [3.63, 3.8) is 0 Å². The largest absolute Gasteiger partial charge is 0.493 e. The van der Waals surface area contributed by atoms with Crippen molar-refractivity contribution in [2.24, 2.45) is 5.73 Å². The lowest BCUT2D eigenvalue weighted by molar-refractivity contribution is -0.134. The fraction of sp³-hybridized carbons (Fsp3) is 0.192. The number of aromatic nitrogens is 4. The van der Waals surface area contributed by atoms with Crippen molar-refractivity contribution in [1.29, 1.82) is 5.41 Å². The summed E-state index contributed by atoms with van der Waals surface area (Å²) in [5, 5.41) is 23.0. The number of carboxylic acids is 1. The molecule has 0 aliphatic carbocycles. The van der Waals surface area contributed by atoms with Gasteiger partial charge in [-0.25, -0.2) is 9.78 Å². The summed E-state index contributed by atoms with van der Waals surface area (Å²) in [6.07, 6.45) is 1.59. The maximum Gasteiger partial charge on any atom is 0.349 e. The molecule has 0 fully saturated rings. The summed E-state index contributed by atoms with van der Waals surface area (Å²) in [6, 6.07) is 15.5. The molecule has 2 aromatic heterocycles. The van der Waals surface area contributed by atoms with Gasteiger partial charge < -0.3 is 30.4 Å². The van der Waals surface area contributed by atoms with Crippen LogP contribution < -0.4 is 26.2 Å². The molecule has 0 saturated heterocycles. The lowest BCUT2D eigenvalue weighted by Crippen LogP contribution is -2.18. The molecule has 1 aliphatic rings. The van der Waals surface area contributed by atoms with Crippen molar-refractivity contribution in [2.75, 3.05) is 19.2 Å². The Labute approximate surface area is 222 Å². The highest BCUT2D eigenvalue weighted by atomic mass is 16.7. The van der Waals surface area contributed by atoms with Crippen LogP contribution in [0.15, 0.2) is 65.6 Å². The van der Waals surface area contributed by atoms with Gasteiger partial charge in [-0.3, -0.25) is 15.2 Å². The minimum Gasteiger partial charge on any atom is -0.493 e. The Morgan fingerprint density at radius 1 is 1.26 bits per heavy atom. The highest BCUT2D eigenvalue weighted by Gasteiger charge is 2.25. The first-order valence-corrected chi connectivity index (χ1v) is 11.7. The number of anilines is 1. The molecule has 13 heteroatoms. The van der Waals surface area contributed by atoms with Gasteiger partial charge in [-0.2, -0.15) is 4.68 Å². The van der Waals surface area contributed by atoms with E-state index in [-0.39, 0.29) is 12.6 Å². The summed E-state index contributed by atoms with van der Waals surface area (Å²) in [4.78, 5) is 28.9. The van der Waals surface area contributed by atoms with Crippen LogP contribution >= 0.6 is 0 Å². The Hall–Kier alpha value is -5.17. The van der Waals surface area contributed by atoms with Crippen LogP contribution in [0.4, 0.5) is 5.69 Å². The van der Waals surface area contributed by atoms with E-state index in [2.05, 4.69) is 20.4 Å². The highest BCUT2D eigenvalue weighted by molar-refractivity contribution is 5.95. The van der Waals surface area contributed by atoms with Gasteiger partial charge in [-0.05, 0) is 54.1 Å². The number of nitrogens with zero attached hydrogens (tertiary/aromatic N) is 3. The average molecular weight is 534 g/mol. The van der Waals surface area contributed by atoms with E-state index in [0.29, 0.717) is 35.3 Å². The van der Waals surface area contributed by atoms with Gasteiger partial charge in [-0.15, -0.1) is 5.10 Å². The summed E-state index contributed by atoms with van der Waals surface area (Å²) >= 11 is 0. The predicted molar refractivity (Wildman–Crippen MR) is 141 cm³/mol. The number of carboxylic acid groups (broad SMARTS) is 1. The summed E-state index contributed by atoms with van der Waals surface area (Å²) in [6.45, 7) is 1.59. The van der Waals surface area contributed by atoms with E-state index in [1.165, 1.54) is 4.68 Å². The first kappa shape index (κ1) is 26.9. The normalized spacial score (nSPS) is 12.7. The maximum absolute atomic E-state index is 12.8. The number of aliphatic carboxylic acids is 1. The Bertz CT molecular complexity index is 1500. The molecule has 202 valence electrons. The molecule has 1 atom stereocenters. The summed E-state index contributed by atoms with van der Waals surface area (Å²) < 4.78 is 17.9. The molecule has 0 saturated carbocycles. The maximum atomic E-state index is 12.8. The molecule has 0 amide bonds. The number of nitrogens with two attached hydrogens (primary N) is 1. The Morgan fingerprint density at radius 2 is 2.00 bits per heavy atom. The molecular weight excluding hydrogens is 506 g/mol. The van der Waals surface area contributed by atoms with Crippen molar-refractivity contribution in [1.82, 2.24) is 19.7 Å². The number of rotatable bonds is 7. The van der Waals surface area contributed by atoms with Crippen LogP contribution in [0.5, 0.6) is 11.5 Å². The number of fused-ring (bicyclic) bond motifs is 1. The van der Waals surface area contributed by atoms with Crippen molar-refractivity contribution in [3.05, 3.63) is 93.8 Å². The van der Waals surface area contributed by atoms with Gasteiger partial charge in [0, 0.05) is 29.9 Å². The van der Waals surface area contributed by atoms with Crippen LogP contribution in [0, 0.1) is 5.41 Å². The molecule has 2 aromatic carbocycles. The van der Waals surface area contributed by atoms with Gasteiger partial charge in [0.25, 0.3) is 5.97 Å². The molecule has 39 heavy (non-hydrogen) atoms. The standard InChI is InChI=1S/C24H23N7O4.C2H4O2/c1-33-18-11-15(10-16-12-34-13-35-21(16)18)20(28-17-7-5-14(6-8-17)22(25)26)23-29-24(32)31(30-23)19-4-2-3-9-27-19;1-2(3)4/h2-11,20,28H,12-13H2,1H3,(H3,25,26)(H,29,30,32);1H3,(H,3,4)/t20-;/m0./s1. The Balaban J connectivity index is 0.000000826. The number of amidine groups is 1. The monoisotopic (exact) mass is 533 g/mol. The van der Waals surface area contributed by atoms with E-state index in [1.54, 1.807) is 55.8 Å². The minimum absolute atomic E-state index is 0.0223. The van der Waals surface area contributed by atoms with Gasteiger partial charge in [-0.1, -0.05) is 6.07 Å². The average Bonchev–Trinajstić information content (AvgIpc) is 3.32. The minimum atomic E-state index is -0.833. The van der Waals surface area contributed by atoms with Crippen LogP contribution in [-0.4, -0.2) is 50.6 Å². The third kappa shape index (κ3) is 6.40. The number of hydrogen-bond donors (Lipinski definition) is 5. The van der Waals surface area contributed by atoms with Crippen LogP contribution in [0.3, 0.4) is 0 Å². The van der Waals surface area contributed by atoms with E-state index < -0.39 is 17.7 Å². The molecule has 0 bridgehead atoms. The number of nitrogen functional groups attached to an aromatic ring is 1. The van der Waals surface area contributed by atoms with E-state index in [4.69, 9.17) is 35.3 Å². The first-order valence-electron chi connectivity index (χ1n) is 11.7. The van der Waals surface area contributed by atoms with Gasteiger partial charge in [0.15, 0.2) is 29.9 Å². The molecular formula is C26H27N7O6.